The molecule has 4 nitrogen and oxygen atoms in total. The molecule has 0 heterocycles. The predicted molar refractivity (Wildman–Crippen MR) is 71.3 cm³/mol. The molecule has 0 spiro atoms. The lowest BCUT2D eigenvalue weighted by atomic mass is 10.0. The molecule has 0 fully saturated rings. The summed E-state index contributed by atoms with van der Waals surface area (Å²) in [5, 5.41) is 0. The number of hydrogen-bond donors (Lipinski definition) is 0. The number of ether oxygens (including phenoxy) is 2. The van der Waals surface area contributed by atoms with Gasteiger partial charge in [0.2, 0.25) is 5.91 Å². The highest BCUT2D eigenvalue weighted by Gasteiger charge is 2.11. The van der Waals surface area contributed by atoms with E-state index in [4.69, 9.17) is 9.47 Å². The monoisotopic (exact) mass is 251 g/mol. The van der Waals surface area contributed by atoms with E-state index in [2.05, 4.69) is 0 Å². The Morgan fingerprint density at radius 1 is 1.28 bits per heavy atom. The third-order valence-electron chi connectivity index (χ3n) is 3.10. The molecular weight excluding hydrogens is 230 g/mol. The molecule has 0 radical (unpaired) electrons. The summed E-state index contributed by atoms with van der Waals surface area (Å²) < 4.78 is 10.6. The maximum Gasteiger partial charge on any atom is 0.219 e. The topological polar surface area (TPSA) is 38.8 Å². The molecular formula is C14H21NO3. The van der Waals surface area contributed by atoms with Crippen LogP contribution in [0.2, 0.25) is 0 Å². The fourth-order valence-corrected chi connectivity index (χ4v) is 1.81. The van der Waals surface area contributed by atoms with Gasteiger partial charge in [0.05, 0.1) is 14.2 Å². The number of carbonyl (C=O) groups excluding carboxylic acids is 1. The smallest absolute Gasteiger partial charge is 0.219 e. The highest BCUT2D eigenvalue weighted by molar-refractivity contribution is 5.72. The molecule has 0 bridgehead atoms. The molecule has 0 aromatic heterocycles. The molecule has 1 rings (SSSR count). The molecule has 0 aliphatic rings. The van der Waals surface area contributed by atoms with Gasteiger partial charge in [-0.25, -0.2) is 0 Å². The van der Waals surface area contributed by atoms with Crippen molar-refractivity contribution in [3.63, 3.8) is 0 Å². The number of nitrogens with zero attached hydrogens (tertiary/aromatic N) is 1. The molecule has 0 aliphatic carbocycles. The van der Waals surface area contributed by atoms with Crippen molar-refractivity contribution in [2.24, 2.45) is 0 Å². The standard InChI is InChI=1S/C14H21NO3/c1-10-8-12(17-4)9-14(18-5)13(10)6-7-15(3)11(2)16/h8-9H,6-7H2,1-5H3. The Labute approximate surface area is 108 Å². The first-order valence-electron chi connectivity index (χ1n) is 5.92. The van der Waals surface area contributed by atoms with Crippen LogP contribution in [0.5, 0.6) is 11.5 Å². The SMILES string of the molecule is COc1cc(C)c(CCN(C)C(C)=O)c(OC)c1. The number of hydrogen-bond acceptors (Lipinski definition) is 3. The van der Waals surface area contributed by atoms with Crippen LogP contribution in [0, 0.1) is 6.92 Å². The van der Waals surface area contributed by atoms with Gasteiger partial charge in [-0.15, -0.1) is 0 Å². The Balaban J connectivity index is 2.90. The van der Waals surface area contributed by atoms with Crippen LogP contribution >= 0.6 is 0 Å². The lowest BCUT2D eigenvalue weighted by Gasteiger charge is -2.18. The maximum atomic E-state index is 11.2. The average molecular weight is 251 g/mol. The summed E-state index contributed by atoms with van der Waals surface area (Å²) in [5.41, 5.74) is 2.23. The molecule has 0 N–H and O–H groups in total. The van der Waals surface area contributed by atoms with E-state index in [1.165, 1.54) is 0 Å². The number of benzene rings is 1. The van der Waals surface area contributed by atoms with Crippen molar-refractivity contribution in [3.8, 4) is 11.5 Å². The summed E-state index contributed by atoms with van der Waals surface area (Å²) >= 11 is 0. The van der Waals surface area contributed by atoms with Crippen LogP contribution < -0.4 is 9.47 Å². The summed E-state index contributed by atoms with van der Waals surface area (Å²) in [6.07, 6.45) is 0.773. The summed E-state index contributed by atoms with van der Waals surface area (Å²) in [5.74, 6) is 1.66. The quantitative estimate of drug-likeness (QED) is 0.803. The Morgan fingerprint density at radius 2 is 1.94 bits per heavy atom. The first-order valence-corrected chi connectivity index (χ1v) is 5.92. The van der Waals surface area contributed by atoms with Gasteiger partial charge >= 0.3 is 0 Å². The van der Waals surface area contributed by atoms with E-state index >= 15 is 0 Å². The van der Waals surface area contributed by atoms with Crippen molar-refractivity contribution in [2.75, 3.05) is 27.8 Å². The number of likely N-dealkylation sites (N-methyl/N-ethyl adjacent to an activating group) is 1. The summed E-state index contributed by atoms with van der Waals surface area (Å²) in [4.78, 5) is 12.9. The lowest BCUT2D eigenvalue weighted by molar-refractivity contribution is -0.127. The van der Waals surface area contributed by atoms with Crippen molar-refractivity contribution in [1.29, 1.82) is 0 Å². The predicted octanol–water partition coefficient (Wildman–Crippen LogP) is 2.03. The van der Waals surface area contributed by atoms with Crippen LogP contribution in [0.25, 0.3) is 0 Å². The zero-order valence-corrected chi connectivity index (χ0v) is 11.7. The highest BCUT2D eigenvalue weighted by atomic mass is 16.5. The van der Waals surface area contributed by atoms with E-state index in [9.17, 15) is 4.79 Å². The maximum absolute atomic E-state index is 11.2. The van der Waals surface area contributed by atoms with Crippen LogP contribution in [-0.2, 0) is 11.2 Å². The fraction of sp³-hybridized carbons (Fsp3) is 0.500. The van der Waals surface area contributed by atoms with E-state index in [0.29, 0.717) is 6.54 Å². The zero-order chi connectivity index (χ0) is 13.7. The van der Waals surface area contributed by atoms with Crippen LogP contribution in [0.15, 0.2) is 12.1 Å². The number of aryl methyl sites for hydroxylation is 1. The van der Waals surface area contributed by atoms with E-state index in [-0.39, 0.29) is 5.91 Å². The molecule has 0 saturated carbocycles. The normalized spacial score (nSPS) is 10.1. The molecule has 100 valence electrons. The first-order chi connectivity index (χ1) is 8.49. The van der Waals surface area contributed by atoms with Crippen LogP contribution in [0.3, 0.4) is 0 Å². The van der Waals surface area contributed by atoms with Crippen LogP contribution in [-0.4, -0.2) is 38.6 Å². The number of amides is 1. The molecule has 1 amide bonds. The fourth-order valence-electron chi connectivity index (χ4n) is 1.81. The largest absolute Gasteiger partial charge is 0.497 e. The van der Waals surface area contributed by atoms with Gasteiger partial charge in [0, 0.05) is 26.6 Å². The molecule has 0 unspecified atom stereocenters. The van der Waals surface area contributed by atoms with Crippen molar-refractivity contribution in [2.45, 2.75) is 20.3 Å². The lowest BCUT2D eigenvalue weighted by Crippen LogP contribution is -2.26. The van der Waals surface area contributed by atoms with Crippen LogP contribution in [0.4, 0.5) is 0 Å². The molecule has 0 saturated heterocycles. The van der Waals surface area contributed by atoms with Gasteiger partial charge in [-0.2, -0.15) is 0 Å². The number of methoxy groups -OCH3 is 2. The van der Waals surface area contributed by atoms with Gasteiger partial charge in [-0.1, -0.05) is 0 Å². The van der Waals surface area contributed by atoms with Gasteiger partial charge in [0.25, 0.3) is 0 Å². The summed E-state index contributed by atoms with van der Waals surface area (Å²) in [7, 11) is 5.08. The van der Waals surface area contributed by atoms with Gasteiger partial charge in [0.15, 0.2) is 0 Å². The molecule has 1 aromatic carbocycles. The summed E-state index contributed by atoms with van der Waals surface area (Å²) in [6.45, 7) is 4.27. The minimum Gasteiger partial charge on any atom is -0.497 e. The summed E-state index contributed by atoms with van der Waals surface area (Å²) in [6, 6.07) is 3.85. The van der Waals surface area contributed by atoms with E-state index in [0.717, 1.165) is 29.0 Å². The van der Waals surface area contributed by atoms with Crippen molar-refractivity contribution in [1.82, 2.24) is 4.90 Å². The molecule has 0 atom stereocenters. The van der Waals surface area contributed by atoms with E-state index < -0.39 is 0 Å². The third-order valence-corrected chi connectivity index (χ3v) is 3.10. The number of rotatable bonds is 5. The van der Waals surface area contributed by atoms with Gasteiger partial charge < -0.3 is 14.4 Å². The Hall–Kier alpha value is -1.71. The van der Waals surface area contributed by atoms with Crippen LogP contribution in [0.1, 0.15) is 18.1 Å². The Morgan fingerprint density at radius 3 is 2.44 bits per heavy atom. The first kappa shape index (κ1) is 14.4. The van der Waals surface area contributed by atoms with Crippen molar-refractivity contribution >= 4 is 5.91 Å². The third kappa shape index (κ3) is 3.39. The minimum atomic E-state index is 0.0696. The Bertz CT molecular complexity index is 429. The average Bonchev–Trinajstić information content (AvgIpc) is 2.35. The second-order valence-corrected chi connectivity index (χ2v) is 4.32. The van der Waals surface area contributed by atoms with E-state index in [1.807, 2.05) is 19.1 Å². The molecule has 18 heavy (non-hydrogen) atoms. The minimum absolute atomic E-state index is 0.0696. The van der Waals surface area contributed by atoms with Crippen molar-refractivity contribution in [3.05, 3.63) is 23.3 Å². The van der Waals surface area contributed by atoms with E-state index in [1.54, 1.807) is 33.1 Å². The van der Waals surface area contributed by atoms with Crippen molar-refractivity contribution < 1.29 is 14.3 Å². The molecule has 0 aliphatic heterocycles. The van der Waals surface area contributed by atoms with Gasteiger partial charge in [-0.3, -0.25) is 4.79 Å². The highest BCUT2D eigenvalue weighted by Crippen LogP contribution is 2.28. The second-order valence-electron chi connectivity index (χ2n) is 4.32. The zero-order valence-electron chi connectivity index (χ0n) is 11.7. The van der Waals surface area contributed by atoms with Gasteiger partial charge in [0.1, 0.15) is 11.5 Å². The molecule has 1 aromatic rings. The number of carbonyl (C=O) groups is 1. The second kappa shape index (κ2) is 6.28. The van der Waals surface area contributed by atoms with Gasteiger partial charge in [-0.05, 0) is 30.5 Å². The Kier molecular flexibility index (Phi) is 5.01. The molecule has 4 heteroatoms.